The number of hydrogen-bond acceptors (Lipinski definition) is 4. The quantitative estimate of drug-likeness (QED) is 0.375. The third-order valence-corrected chi connectivity index (χ3v) is 3.98. The Balaban J connectivity index is 2.25. The highest BCUT2D eigenvalue weighted by Crippen LogP contribution is 2.26. The van der Waals surface area contributed by atoms with Gasteiger partial charge in [-0.2, -0.15) is 0 Å². The zero-order valence-corrected chi connectivity index (χ0v) is 12.4. The summed E-state index contributed by atoms with van der Waals surface area (Å²) >= 11 is 0. The van der Waals surface area contributed by atoms with Gasteiger partial charge in [-0.05, 0) is 19.5 Å². The lowest BCUT2D eigenvalue weighted by Crippen LogP contribution is -2.52. The van der Waals surface area contributed by atoms with Gasteiger partial charge >= 0.3 is 0 Å². The standard InChI is InChI=1S/C15H22N4O2/c1-11(14(16)17-21)15(20)19-9-8-18(2)10-13(19)12-6-4-3-5-7-12/h3-7,11,13,21H,8-10H2,1-2H3,(H2,16,17). The molecule has 2 rings (SSSR count). The molecule has 1 amide bonds. The highest BCUT2D eigenvalue weighted by atomic mass is 16.4. The van der Waals surface area contributed by atoms with Crippen molar-refractivity contribution in [2.75, 3.05) is 26.7 Å². The number of nitrogens with zero attached hydrogens (tertiary/aromatic N) is 3. The number of hydrogen-bond donors (Lipinski definition) is 2. The molecule has 0 aromatic heterocycles. The van der Waals surface area contributed by atoms with Gasteiger partial charge in [0.25, 0.3) is 0 Å². The van der Waals surface area contributed by atoms with Crippen molar-refractivity contribution in [3.05, 3.63) is 35.9 Å². The number of nitrogens with two attached hydrogens (primary N) is 1. The molecule has 6 nitrogen and oxygen atoms in total. The van der Waals surface area contributed by atoms with Crippen LogP contribution in [0.1, 0.15) is 18.5 Å². The van der Waals surface area contributed by atoms with E-state index in [1.54, 1.807) is 6.92 Å². The lowest BCUT2D eigenvalue weighted by molar-refractivity contribution is -0.138. The van der Waals surface area contributed by atoms with Crippen molar-refractivity contribution >= 4 is 11.7 Å². The summed E-state index contributed by atoms with van der Waals surface area (Å²) in [6.07, 6.45) is 0. The van der Waals surface area contributed by atoms with Gasteiger partial charge in [-0.3, -0.25) is 4.79 Å². The average Bonchev–Trinajstić information content (AvgIpc) is 2.53. The number of carbonyl (C=O) groups is 1. The van der Waals surface area contributed by atoms with Crippen LogP contribution in [0.15, 0.2) is 35.5 Å². The van der Waals surface area contributed by atoms with Crippen molar-refractivity contribution in [1.82, 2.24) is 9.80 Å². The zero-order chi connectivity index (χ0) is 15.4. The predicted molar refractivity (Wildman–Crippen MR) is 81.0 cm³/mol. The molecule has 2 atom stereocenters. The minimum absolute atomic E-state index is 0.00797. The molecule has 2 unspecified atom stereocenters. The van der Waals surface area contributed by atoms with Gasteiger partial charge in [0.2, 0.25) is 5.91 Å². The van der Waals surface area contributed by atoms with Crippen molar-refractivity contribution in [3.8, 4) is 0 Å². The maximum absolute atomic E-state index is 12.6. The second-order valence-electron chi connectivity index (χ2n) is 5.47. The second kappa shape index (κ2) is 6.58. The van der Waals surface area contributed by atoms with Crippen LogP contribution in [0.3, 0.4) is 0 Å². The molecule has 0 aliphatic carbocycles. The van der Waals surface area contributed by atoms with Crippen LogP contribution in [0.4, 0.5) is 0 Å². The van der Waals surface area contributed by atoms with E-state index in [1.807, 2.05) is 42.3 Å². The van der Waals surface area contributed by atoms with E-state index in [-0.39, 0.29) is 17.8 Å². The first-order valence-electron chi connectivity index (χ1n) is 7.06. The molecule has 1 saturated heterocycles. The number of amides is 1. The third-order valence-electron chi connectivity index (χ3n) is 3.98. The summed E-state index contributed by atoms with van der Waals surface area (Å²) in [5, 5.41) is 11.7. The Labute approximate surface area is 124 Å². The monoisotopic (exact) mass is 290 g/mol. The highest BCUT2D eigenvalue weighted by Gasteiger charge is 2.33. The first-order valence-corrected chi connectivity index (χ1v) is 7.06. The lowest BCUT2D eigenvalue weighted by Gasteiger charge is -2.41. The molecule has 0 bridgehead atoms. The Hall–Kier alpha value is -2.08. The van der Waals surface area contributed by atoms with Gasteiger partial charge in [-0.1, -0.05) is 35.5 Å². The molecular weight excluding hydrogens is 268 g/mol. The normalized spacial score (nSPS) is 22.1. The first-order chi connectivity index (χ1) is 10.0. The lowest BCUT2D eigenvalue weighted by atomic mass is 10.00. The Morgan fingerprint density at radius 2 is 2.05 bits per heavy atom. The summed E-state index contributed by atoms with van der Waals surface area (Å²) in [6, 6.07) is 9.95. The molecule has 1 aromatic rings. The molecule has 1 aromatic carbocycles. The van der Waals surface area contributed by atoms with Gasteiger partial charge in [0, 0.05) is 19.6 Å². The molecule has 1 aliphatic heterocycles. The van der Waals surface area contributed by atoms with Crippen LogP contribution in [0, 0.1) is 5.92 Å². The van der Waals surface area contributed by atoms with E-state index >= 15 is 0 Å². The molecule has 21 heavy (non-hydrogen) atoms. The Morgan fingerprint density at radius 1 is 1.38 bits per heavy atom. The van der Waals surface area contributed by atoms with Gasteiger partial charge in [0.15, 0.2) is 5.84 Å². The molecule has 0 saturated carbocycles. The highest BCUT2D eigenvalue weighted by molar-refractivity contribution is 6.01. The molecule has 6 heteroatoms. The van der Waals surface area contributed by atoms with Crippen molar-refractivity contribution < 1.29 is 10.0 Å². The first kappa shape index (κ1) is 15.3. The minimum Gasteiger partial charge on any atom is -0.409 e. The van der Waals surface area contributed by atoms with Crippen molar-refractivity contribution in [1.29, 1.82) is 0 Å². The number of benzene rings is 1. The van der Waals surface area contributed by atoms with E-state index in [4.69, 9.17) is 10.9 Å². The summed E-state index contributed by atoms with van der Waals surface area (Å²) < 4.78 is 0. The summed E-state index contributed by atoms with van der Waals surface area (Å²) in [6.45, 7) is 3.90. The molecule has 0 spiro atoms. The SMILES string of the molecule is CC(C(=O)N1CCN(C)CC1c1ccccc1)C(N)=NO. The predicted octanol–water partition coefficient (Wildman–Crippen LogP) is 0.884. The van der Waals surface area contributed by atoms with Crippen LogP contribution in [0.2, 0.25) is 0 Å². The minimum atomic E-state index is -0.621. The van der Waals surface area contributed by atoms with Crippen LogP contribution in [-0.4, -0.2) is 53.4 Å². The molecule has 3 N–H and O–H groups in total. The van der Waals surface area contributed by atoms with Crippen LogP contribution in [-0.2, 0) is 4.79 Å². The number of rotatable bonds is 3. The number of piperazine rings is 1. The van der Waals surface area contributed by atoms with Crippen molar-refractivity contribution in [3.63, 3.8) is 0 Å². The van der Waals surface area contributed by atoms with Gasteiger partial charge in [0.1, 0.15) is 0 Å². The summed E-state index contributed by atoms with van der Waals surface area (Å²) in [5.41, 5.74) is 6.68. The van der Waals surface area contributed by atoms with Gasteiger partial charge in [0.05, 0.1) is 12.0 Å². The Bertz CT molecular complexity index is 518. The number of oxime groups is 1. The summed E-state index contributed by atoms with van der Waals surface area (Å²) in [4.78, 5) is 16.7. The zero-order valence-electron chi connectivity index (χ0n) is 12.4. The largest absolute Gasteiger partial charge is 0.409 e. The fourth-order valence-electron chi connectivity index (χ4n) is 2.61. The van der Waals surface area contributed by atoms with Gasteiger partial charge < -0.3 is 20.7 Å². The van der Waals surface area contributed by atoms with Crippen molar-refractivity contribution in [2.45, 2.75) is 13.0 Å². The average molecular weight is 290 g/mol. The van der Waals surface area contributed by atoms with E-state index in [1.165, 1.54) is 0 Å². The smallest absolute Gasteiger partial charge is 0.233 e. The van der Waals surface area contributed by atoms with Gasteiger partial charge in [-0.25, -0.2) is 0 Å². The molecule has 114 valence electrons. The molecule has 1 fully saturated rings. The summed E-state index contributed by atoms with van der Waals surface area (Å²) in [7, 11) is 2.05. The van der Waals surface area contributed by atoms with Crippen LogP contribution in [0.25, 0.3) is 0 Å². The van der Waals surface area contributed by atoms with E-state index in [0.717, 1.165) is 18.7 Å². The maximum atomic E-state index is 12.6. The Morgan fingerprint density at radius 3 is 2.67 bits per heavy atom. The van der Waals surface area contributed by atoms with E-state index < -0.39 is 5.92 Å². The fourth-order valence-corrected chi connectivity index (χ4v) is 2.61. The summed E-state index contributed by atoms with van der Waals surface area (Å²) in [5.74, 6) is -0.775. The van der Waals surface area contributed by atoms with E-state index in [2.05, 4.69) is 10.1 Å². The third kappa shape index (κ3) is 3.33. The Kier molecular flexibility index (Phi) is 4.80. The number of likely N-dealkylation sites (N-methyl/N-ethyl adjacent to an activating group) is 1. The molecule has 1 aliphatic rings. The fraction of sp³-hybridized carbons (Fsp3) is 0.467. The molecular formula is C15H22N4O2. The van der Waals surface area contributed by atoms with Crippen LogP contribution in [0.5, 0.6) is 0 Å². The topological polar surface area (TPSA) is 82.2 Å². The maximum Gasteiger partial charge on any atom is 0.233 e. The number of amidine groups is 1. The molecule has 0 radical (unpaired) electrons. The van der Waals surface area contributed by atoms with E-state index in [0.29, 0.717) is 6.54 Å². The van der Waals surface area contributed by atoms with Crippen LogP contribution >= 0.6 is 0 Å². The molecule has 1 heterocycles. The van der Waals surface area contributed by atoms with E-state index in [9.17, 15) is 4.79 Å². The van der Waals surface area contributed by atoms with Crippen molar-refractivity contribution in [2.24, 2.45) is 16.8 Å². The number of carbonyl (C=O) groups excluding carboxylic acids is 1. The second-order valence-corrected chi connectivity index (χ2v) is 5.47. The van der Waals surface area contributed by atoms with Gasteiger partial charge in [-0.15, -0.1) is 0 Å². The van der Waals surface area contributed by atoms with Crippen LogP contribution < -0.4 is 5.73 Å².